The Morgan fingerprint density at radius 1 is 0.973 bits per heavy atom. The van der Waals surface area contributed by atoms with Crippen molar-refractivity contribution in [2.75, 3.05) is 63.8 Å². The summed E-state index contributed by atoms with van der Waals surface area (Å²) in [5.74, 6) is 1.05. The third kappa shape index (κ3) is 7.89. The number of anilines is 1. The third-order valence-corrected chi connectivity index (χ3v) is 7.83. The number of unbranched alkanes of at least 4 members (excludes halogenated alkanes) is 1. The molecule has 2 aliphatic rings. The van der Waals surface area contributed by atoms with E-state index in [9.17, 15) is 9.59 Å². The highest BCUT2D eigenvalue weighted by atomic mass is 16.2. The first kappa shape index (κ1) is 27.3. The second-order valence-electron chi connectivity index (χ2n) is 10.5. The molecule has 1 aromatic carbocycles. The molecular formula is C29H44N6O2. The van der Waals surface area contributed by atoms with Gasteiger partial charge in [0.15, 0.2) is 0 Å². The number of aromatic nitrogens is 2. The number of hydrogen-bond donors (Lipinski definition) is 1. The Labute approximate surface area is 221 Å². The highest BCUT2D eigenvalue weighted by Gasteiger charge is 2.27. The van der Waals surface area contributed by atoms with Crippen LogP contribution in [0.1, 0.15) is 50.8 Å². The number of H-pyrrole nitrogens is 1. The highest BCUT2D eigenvalue weighted by Crippen LogP contribution is 2.19. The van der Waals surface area contributed by atoms with Gasteiger partial charge in [-0.15, -0.1) is 0 Å². The van der Waals surface area contributed by atoms with E-state index >= 15 is 0 Å². The van der Waals surface area contributed by atoms with Crippen LogP contribution in [-0.2, 0) is 17.8 Å². The second kappa shape index (κ2) is 13.7. The van der Waals surface area contributed by atoms with Crippen molar-refractivity contribution in [1.29, 1.82) is 0 Å². The van der Waals surface area contributed by atoms with E-state index in [1.807, 2.05) is 4.90 Å². The molecule has 8 heteroatoms. The molecule has 37 heavy (non-hydrogen) atoms. The summed E-state index contributed by atoms with van der Waals surface area (Å²) in [4.78, 5) is 42.2. The summed E-state index contributed by atoms with van der Waals surface area (Å²) < 4.78 is 0. The Kier molecular flexibility index (Phi) is 10.1. The Morgan fingerprint density at radius 2 is 1.68 bits per heavy atom. The Morgan fingerprint density at radius 3 is 2.35 bits per heavy atom. The van der Waals surface area contributed by atoms with Crippen molar-refractivity contribution in [2.24, 2.45) is 5.92 Å². The summed E-state index contributed by atoms with van der Waals surface area (Å²) in [6.07, 6.45) is 5.18. The van der Waals surface area contributed by atoms with Crippen LogP contribution in [0.2, 0.25) is 0 Å². The van der Waals surface area contributed by atoms with Crippen molar-refractivity contribution in [3.63, 3.8) is 0 Å². The molecule has 0 bridgehead atoms. The van der Waals surface area contributed by atoms with Gasteiger partial charge in [-0.25, -0.2) is 4.98 Å². The van der Waals surface area contributed by atoms with Crippen LogP contribution in [0.5, 0.6) is 0 Å². The van der Waals surface area contributed by atoms with Gasteiger partial charge in [-0.05, 0) is 24.8 Å². The van der Waals surface area contributed by atoms with E-state index < -0.39 is 0 Å². The number of carbonyl (C=O) groups is 1. The molecule has 1 amide bonds. The number of rotatable bonds is 11. The van der Waals surface area contributed by atoms with E-state index in [1.165, 1.54) is 5.56 Å². The van der Waals surface area contributed by atoms with Gasteiger partial charge in [0.1, 0.15) is 0 Å². The fraction of sp³-hybridized carbons (Fsp3) is 0.621. The number of nitrogens with zero attached hydrogens (tertiary/aromatic N) is 5. The molecule has 0 saturated carbocycles. The summed E-state index contributed by atoms with van der Waals surface area (Å²) in [6.45, 7) is 12.8. The molecule has 2 aromatic rings. The molecule has 1 aromatic heterocycles. The van der Waals surface area contributed by atoms with Crippen molar-refractivity contribution in [3.05, 3.63) is 58.0 Å². The standard InChI is InChI=1S/C29H44N6O2/c1-3-5-11-25(4-2)28(37)34-18-20-35(21-19-34)29-30-26(22-27(36)31-29)23-33-16-14-32(15-17-33)13-12-24-9-7-6-8-10-24/h6-10,22,25H,3-5,11-21,23H2,1-2H3,(H,30,31,36)/t25-/m0/s1. The smallest absolute Gasteiger partial charge is 0.252 e. The van der Waals surface area contributed by atoms with Crippen molar-refractivity contribution in [1.82, 2.24) is 24.7 Å². The van der Waals surface area contributed by atoms with Crippen LogP contribution in [0.15, 0.2) is 41.2 Å². The summed E-state index contributed by atoms with van der Waals surface area (Å²) in [6, 6.07) is 12.3. The number of nitrogens with one attached hydrogen (secondary N) is 1. The molecule has 8 nitrogen and oxygen atoms in total. The fourth-order valence-electron chi connectivity index (χ4n) is 5.41. The van der Waals surface area contributed by atoms with Gasteiger partial charge in [-0.3, -0.25) is 19.5 Å². The molecule has 2 aliphatic heterocycles. The molecule has 1 N–H and O–H groups in total. The lowest BCUT2D eigenvalue weighted by Gasteiger charge is -2.37. The predicted octanol–water partition coefficient (Wildman–Crippen LogP) is 3.00. The lowest BCUT2D eigenvalue weighted by Crippen LogP contribution is -2.51. The van der Waals surface area contributed by atoms with Crippen LogP contribution < -0.4 is 10.5 Å². The van der Waals surface area contributed by atoms with Crippen molar-refractivity contribution >= 4 is 11.9 Å². The van der Waals surface area contributed by atoms with Gasteiger partial charge in [-0.2, -0.15) is 0 Å². The summed E-state index contributed by atoms with van der Waals surface area (Å²) in [5.41, 5.74) is 2.10. The average Bonchev–Trinajstić information content (AvgIpc) is 2.93. The van der Waals surface area contributed by atoms with Crippen LogP contribution in [0.25, 0.3) is 0 Å². The zero-order chi connectivity index (χ0) is 26.0. The van der Waals surface area contributed by atoms with Crippen molar-refractivity contribution in [3.8, 4) is 0 Å². The van der Waals surface area contributed by atoms with Crippen LogP contribution in [0, 0.1) is 5.92 Å². The summed E-state index contributed by atoms with van der Waals surface area (Å²) in [7, 11) is 0. The highest BCUT2D eigenvalue weighted by molar-refractivity contribution is 5.79. The first-order chi connectivity index (χ1) is 18.1. The van der Waals surface area contributed by atoms with Crippen LogP contribution in [-0.4, -0.2) is 89.5 Å². The molecule has 1 atom stereocenters. The molecule has 0 unspecified atom stereocenters. The first-order valence-electron chi connectivity index (χ1n) is 14.2. The summed E-state index contributed by atoms with van der Waals surface area (Å²) in [5, 5.41) is 0. The van der Waals surface area contributed by atoms with Crippen LogP contribution in [0.4, 0.5) is 5.95 Å². The van der Waals surface area contributed by atoms with E-state index in [-0.39, 0.29) is 17.4 Å². The quantitative estimate of drug-likeness (QED) is 0.503. The molecule has 3 heterocycles. The number of amides is 1. The van der Waals surface area contributed by atoms with E-state index in [2.05, 4.69) is 63.9 Å². The molecular weight excluding hydrogens is 464 g/mol. The molecule has 202 valence electrons. The van der Waals surface area contributed by atoms with Gasteiger partial charge in [0.25, 0.3) is 5.56 Å². The number of carbonyl (C=O) groups excluding carboxylic acids is 1. The molecule has 4 rings (SSSR count). The number of benzene rings is 1. The lowest BCUT2D eigenvalue weighted by molar-refractivity contribution is -0.136. The second-order valence-corrected chi connectivity index (χ2v) is 10.5. The van der Waals surface area contributed by atoms with E-state index in [4.69, 9.17) is 4.98 Å². The first-order valence-corrected chi connectivity index (χ1v) is 14.2. The number of hydrogen-bond acceptors (Lipinski definition) is 6. The molecule has 2 fully saturated rings. The number of piperazine rings is 2. The summed E-state index contributed by atoms with van der Waals surface area (Å²) >= 11 is 0. The van der Waals surface area contributed by atoms with Gasteiger partial charge in [0.2, 0.25) is 11.9 Å². The van der Waals surface area contributed by atoms with E-state index in [0.717, 1.165) is 70.5 Å². The zero-order valence-corrected chi connectivity index (χ0v) is 22.7. The average molecular weight is 509 g/mol. The van der Waals surface area contributed by atoms with Crippen molar-refractivity contribution < 1.29 is 4.79 Å². The van der Waals surface area contributed by atoms with Crippen LogP contribution >= 0.6 is 0 Å². The zero-order valence-electron chi connectivity index (χ0n) is 22.7. The van der Waals surface area contributed by atoms with Gasteiger partial charge in [-0.1, -0.05) is 57.0 Å². The predicted molar refractivity (Wildman–Crippen MR) is 149 cm³/mol. The van der Waals surface area contributed by atoms with Gasteiger partial charge >= 0.3 is 0 Å². The Balaban J connectivity index is 1.26. The molecule has 0 spiro atoms. The number of aromatic amines is 1. The minimum absolute atomic E-state index is 0.106. The minimum atomic E-state index is -0.106. The molecule has 2 saturated heterocycles. The maximum atomic E-state index is 13.0. The fourth-order valence-corrected chi connectivity index (χ4v) is 5.41. The topological polar surface area (TPSA) is 75.8 Å². The Bertz CT molecular complexity index is 1030. The van der Waals surface area contributed by atoms with Gasteiger partial charge in [0, 0.05) is 77.4 Å². The molecule has 0 aliphatic carbocycles. The SMILES string of the molecule is CCCC[C@H](CC)C(=O)N1CCN(c2nc(CN3CCN(CCc4ccccc4)CC3)cc(=O)[nH]2)CC1. The minimum Gasteiger partial charge on any atom is -0.339 e. The normalized spacial score (nSPS) is 18.2. The largest absolute Gasteiger partial charge is 0.339 e. The lowest BCUT2D eigenvalue weighted by atomic mass is 9.97. The van der Waals surface area contributed by atoms with Gasteiger partial charge in [0.05, 0.1) is 5.69 Å². The van der Waals surface area contributed by atoms with Crippen LogP contribution in [0.3, 0.4) is 0 Å². The Hall–Kier alpha value is -2.71. The van der Waals surface area contributed by atoms with E-state index in [0.29, 0.717) is 38.7 Å². The molecule has 0 radical (unpaired) electrons. The maximum Gasteiger partial charge on any atom is 0.252 e. The van der Waals surface area contributed by atoms with Crippen molar-refractivity contribution in [2.45, 2.75) is 52.5 Å². The van der Waals surface area contributed by atoms with E-state index in [1.54, 1.807) is 6.07 Å². The third-order valence-electron chi connectivity index (χ3n) is 7.83. The maximum absolute atomic E-state index is 13.0. The van der Waals surface area contributed by atoms with Gasteiger partial charge < -0.3 is 14.7 Å². The monoisotopic (exact) mass is 508 g/mol.